The molecule has 0 aliphatic rings. The lowest BCUT2D eigenvalue weighted by atomic mass is 10.2. The van der Waals surface area contributed by atoms with E-state index in [1.807, 2.05) is 0 Å². The van der Waals surface area contributed by atoms with Crippen molar-refractivity contribution in [2.75, 3.05) is 0 Å². The number of halogens is 2. The number of benzene rings is 1. The van der Waals surface area contributed by atoms with Gasteiger partial charge in [0.05, 0.1) is 0 Å². The first-order valence-electron chi connectivity index (χ1n) is 2.87. The Labute approximate surface area is 60.5 Å². The fourth-order valence-corrected chi connectivity index (χ4v) is 0.965. The van der Waals surface area contributed by atoms with Crippen LogP contribution in [0.25, 0.3) is 0 Å². The molecule has 0 spiro atoms. The van der Waals surface area contributed by atoms with E-state index < -0.39 is 11.6 Å². The van der Waals surface area contributed by atoms with Gasteiger partial charge in [-0.2, -0.15) is 0 Å². The maximum absolute atomic E-state index is 12.4. The second-order valence-electron chi connectivity index (χ2n) is 1.98. The second-order valence-corrected chi connectivity index (χ2v) is 2.39. The summed E-state index contributed by atoms with van der Waals surface area (Å²) < 4.78 is 24.7. The van der Waals surface area contributed by atoms with Crippen molar-refractivity contribution in [2.24, 2.45) is 0 Å². The summed E-state index contributed by atoms with van der Waals surface area (Å²) >= 11 is 0. The van der Waals surface area contributed by atoms with Gasteiger partial charge in [0.2, 0.25) is 0 Å². The predicted molar refractivity (Wildman–Crippen MR) is 39.8 cm³/mol. The smallest absolute Gasteiger partial charge is 0.126 e. The normalized spacial score (nSPS) is 9.90. The molecule has 0 aromatic heterocycles. The summed E-state index contributed by atoms with van der Waals surface area (Å²) in [5, 5.41) is 0. The highest BCUT2D eigenvalue weighted by atomic mass is 31.0. The summed E-state index contributed by atoms with van der Waals surface area (Å²) in [6.45, 7) is 0. The number of hydrogen-bond acceptors (Lipinski definition) is 0. The van der Waals surface area contributed by atoms with Crippen LogP contribution in [-0.2, 0) is 6.16 Å². The molecule has 1 rings (SSSR count). The van der Waals surface area contributed by atoms with E-state index in [4.69, 9.17) is 0 Å². The van der Waals surface area contributed by atoms with E-state index in [0.717, 1.165) is 6.07 Å². The lowest BCUT2D eigenvalue weighted by Gasteiger charge is -1.95. The first-order chi connectivity index (χ1) is 4.72. The molecule has 1 aromatic carbocycles. The Balaban J connectivity index is 3.06. The van der Waals surface area contributed by atoms with Gasteiger partial charge in [-0.1, -0.05) is 0 Å². The SMILES string of the molecule is Fc1cc(F)cc(CP)c1. The van der Waals surface area contributed by atoms with Crippen LogP contribution in [0.1, 0.15) is 5.56 Å². The molecule has 1 atom stereocenters. The van der Waals surface area contributed by atoms with E-state index in [-0.39, 0.29) is 0 Å². The minimum atomic E-state index is -0.516. The van der Waals surface area contributed by atoms with Crippen molar-refractivity contribution >= 4 is 9.24 Å². The topological polar surface area (TPSA) is 0 Å². The Morgan fingerprint density at radius 1 is 1.10 bits per heavy atom. The van der Waals surface area contributed by atoms with Crippen LogP contribution in [0.3, 0.4) is 0 Å². The highest BCUT2D eigenvalue weighted by molar-refractivity contribution is 7.15. The van der Waals surface area contributed by atoms with Crippen molar-refractivity contribution in [1.82, 2.24) is 0 Å². The lowest BCUT2D eigenvalue weighted by molar-refractivity contribution is 0.581. The average molecular weight is 160 g/mol. The van der Waals surface area contributed by atoms with Crippen LogP contribution in [0.2, 0.25) is 0 Å². The van der Waals surface area contributed by atoms with Crippen molar-refractivity contribution in [3.05, 3.63) is 35.4 Å². The molecule has 1 unspecified atom stereocenters. The maximum atomic E-state index is 12.4. The Bertz CT molecular complexity index is 215. The zero-order valence-electron chi connectivity index (χ0n) is 5.27. The number of hydrogen-bond donors (Lipinski definition) is 0. The molecule has 0 saturated carbocycles. The molecule has 54 valence electrons. The lowest BCUT2D eigenvalue weighted by Crippen LogP contribution is -1.83. The van der Waals surface area contributed by atoms with Crippen molar-refractivity contribution in [1.29, 1.82) is 0 Å². The summed E-state index contributed by atoms with van der Waals surface area (Å²) in [5.74, 6) is -1.03. The molecule has 0 heterocycles. The van der Waals surface area contributed by atoms with Gasteiger partial charge in [0, 0.05) is 6.07 Å². The standard InChI is InChI=1S/C7H7F2P/c8-6-1-5(4-10)2-7(9)3-6/h1-3H,4,10H2. The largest absolute Gasteiger partial charge is 0.207 e. The monoisotopic (exact) mass is 160 g/mol. The van der Waals surface area contributed by atoms with Crippen LogP contribution in [0, 0.1) is 11.6 Å². The van der Waals surface area contributed by atoms with Gasteiger partial charge in [0.1, 0.15) is 11.6 Å². The van der Waals surface area contributed by atoms with E-state index in [1.165, 1.54) is 12.1 Å². The summed E-state index contributed by atoms with van der Waals surface area (Å²) in [6.07, 6.45) is 0.578. The highest BCUT2D eigenvalue weighted by Gasteiger charge is 1.96. The van der Waals surface area contributed by atoms with Crippen LogP contribution in [0.5, 0.6) is 0 Å². The third-order valence-electron chi connectivity index (χ3n) is 1.16. The van der Waals surface area contributed by atoms with Gasteiger partial charge < -0.3 is 0 Å². The van der Waals surface area contributed by atoms with Gasteiger partial charge >= 0.3 is 0 Å². The van der Waals surface area contributed by atoms with Gasteiger partial charge in [0.25, 0.3) is 0 Å². The summed E-state index contributed by atoms with van der Waals surface area (Å²) in [4.78, 5) is 0. The van der Waals surface area contributed by atoms with Gasteiger partial charge in [-0.3, -0.25) is 0 Å². The summed E-state index contributed by atoms with van der Waals surface area (Å²) in [5.41, 5.74) is 0.655. The molecule has 0 bridgehead atoms. The van der Waals surface area contributed by atoms with Crippen molar-refractivity contribution in [2.45, 2.75) is 6.16 Å². The Hall–Kier alpha value is -0.490. The zero-order chi connectivity index (χ0) is 7.56. The highest BCUT2D eigenvalue weighted by Crippen LogP contribution is 2.10. The third-order valence-corrected chi connectivity index (χ3v) is 1.63. The van der Waals surface area contributed by atoms with Gasteiger partial charge in [-0.15, -0.1) is 9.24 Å². The van der Waals surface area contributed by atoms with Crippen molar-refractivity contribution < 1.29 is 8.78 Å². The van der Waals surface area contributed by atoms with Gasteiger partial charge in [0.15, 0.2) is 0 Å². The van der Waals surface area contributed by atoms with Crippen LogP contribution in [0.15, 0.2) is 18.2 Å². The molecule has 0 nitrogen and oxygen atoms in total. The Kier molecular flexibility index (Phi) is 2.34. The number of rotatable bonds is 1. The summed E-state index contributed by atoms with van der Waals surface area (Å²) in [6, 6.07) is 3.50. The van der Waals surface area contributed by atoms with Crippen LogP contribution < -0.4 is 0 Å². The van der Waals surface area contributed by atoms with Crippen LogP contribution >= 0.6 is 9.24 Å². The first kappa shape index (κ1) is 7.62. The molecule has 0 aliphatic heterocycles. The molecule has 0 radical (unpaired) electrons. The van der Waals surface area contributed by atoms with Crippen LogP contribution in [-0.4, -0.2) is 0 Å². The van der Waals surface area contributed by atoms with Gasteiger partial charge in [-0.05, 0) is 23.9 Å². The zero-order valence-corrected chi connectivity index (χ0v) is 6.43. The molecule has 3 heteroatoms. The molecule has 1 aromatic rings. The third kappa shape index (κ3) is 1.74. The van der Waals surface area contributed by atoms with Crippen molar-refractivity contribution in [3.8, 4) is 0 Å². The molecular weight excluding hydrogens is 153 g/mol. The molecule has 0 saturated heterocycles. The maximum Gasteiger partial charge on any atom is 0.126 e. The fraction of sp³-hybridized carbons (Fsp3) is 0.143. The van der Waals surface area contributed by atoms with E-state index in [9.17, 15) is 8.78 Å². The molecule has 0 aliphatic carbocycles. The Morgan fingerprint density at radius 2 is 1.60 bits per heavy atom. The second kappa shape index (κ2) is 3.07. The minimum Gasteiger partial charge on any atom is -0.207 e. The Morgan fingerprint density at radius 3 is 2.00 bits per heavy atom. The molecule has 0 amide bonds. The summed E-state index contributed by atoms with van der Waals surface area (Å²) in [7, 11) is 2.41. The van der Waals surface area contributed by atoms with Crippen LogP contribution in [0.4, 0.5) is 8.78 Å². The molecule has 0 fully saturated rings. The first-order valence-corrected chi connectivity index (χ1v) is 3.69. The van der Waals surface area contributed by atoms with E-state index >= 15 is 0 Å². The molecular formula is C7H7F2P. The molecule has 10 heavy (non-hydrogen) atoms. The van der Waals surface area contributed by atoms with E-state index in [2.05, 4.69) is 9.24 Å². The molecule has 0 N–H and O–H groups in total. The van der Waals surface area contributed by atoms with Crippen molar-refractivity contribution in [3.63, 3.8) is 0 Å². The van der Waals surface area contributed by atoms with Gasteiger partial charge in [-0.25, -0.2) is 8.78 Å². The fourth-order valence-electron chi connectivity index (χ4n) is 0.729. The minimum absolute atomic E-state index is 0.516. The quantitative estimate of drug-likeness (QED) is 0.553. The van der Waals surface area contributed by atoms with E-state index in [1.54, 1.807) is 0 Å². The predicted octanol–water partition coefficient (Wildman–Crippen LogP) is 2.34. The van der Waals surface area contributed by atoms with E-state index in [0.29, 0.717) is 11.7 Å². The average Bonchev–Trinajstić information content (AvgIpc) is 1.85.